The average molecular weight is 291 g/mol. The van der Waals surface area contributed by atoms with Crippen molar-refractivity contribution in [3.8, 4) is 0 Å². The van der Waals surface area contributed by atoms with Gasteiger partial charge in [-0.05, 0) is 50.6 Å². The Morgan fingerprint density at radius 3 is 3.00 bits per heavy atom. The molecule has 0 spiro atoms. The molecule has 0 aromatic carbocycles. The van der Waals surface area contributed by atoms with E-state index in [0.29, 0.717) is 11.8 Å². The first kappa shape index (κ1) is 12.7. The molecule has 1 N–H and O–H groups in total. The first-order chi connectivity index (χ1) is 9.81. The van der Waals surface area contributed by atoms with E-state index in [1.165, 1.54) is 43.8 Å². The summed E-state index contributed by atoms with van der Waals surface area (Å²) < 4.78 is 1.99. The van der Waals surface area contributed by atoms with Gasteiger partial charge in [-0.1, -0.05) is 18.3 Å². The molecule has 108 valence electrons. The first-order valence-electron chi connectivity index (χ1n) is 7.73. The normalized spacial score (nSPS) is 25.1. The molecule has 2 aliphatic rings. The van der Waals surface area contributed by atoms with Crippen molar-refractivity contribution < 1.29 is 0 Å². The van der Waals surface area contributed by atoms with Crippen LogP contribution in [0.1, 0.15) is 49.4 Å². The van der Waals surface area contributed by atoms with Crippen molar-refractivity contribution in [1.29, 1.82) is 0 Å². The number of aromatic nitrogens is 4. The molecule has 1 saturated heterocycles. The highest BCUT2D eigenvalue weighted by molar-refractivity contribution is 7.16. The molecule has 5 nitrogen and oxygen atoms in total. The molecule has 4 rings (SSSR count). The predicted molar refractivity (Wildman–Crippen MR) is 79.1 cm³/mol. The van der Waals surface area contributed by atoms with E-state index in [0.717, 1.165) is 23.1 Å². The lowest BCUT2D eigenvalue weighted by Gasteiger charge is -2.27. The third-order valence-corrected chi connectivity index (χ3v) is 5.56. The van der Waals surface area contributed by atoms with Crippen LogP contribution >= 0.6 is 11.3 Å². The average Bonchev–Trinajstić information content (AvgIpc) is 3.12. The number of nitrogens with zero attached hydrogens (tertiary/aromatic N) is 4. The third kappa shape index (κ3) is 2.35. The number of piperidine rings is 1. The van der Waals surface area contributed by atoms with Gasteiger partial charge in [0.1, 0.15) is 5.01 Å². The van der Waals surface area contributed by atoms with Crippen LogP contribution in [-0.4, -0.2) is 32.9 Å². The maximum absolute atomic E-state index is 4.76. The maximum Gasteiger partial charge on any atom is 0.234 e. The minimum Gasteiger partial charge on any atom is -0.316 e. The van der Waals surface area contributed by atoms with Crippen LogP contribution in [0.15, 0.2) is 0 Å². The first-order valence-corrected chi connectivity index (χ1v) is 8.54. The molecule has 1 aliphatic carbocycles. The minimum atomic E-state index is 0.611. The second-order valence-corrected chi connectivity index (χ2v) is 7.35. The molecule has 1 aliphatic heterocycles. The number of fused-ring (bicyclic) bond motifs is 1. The Bertz CT molecular complexity index is 594. The Morgan fingerprint density at radius 2 is 2.25 bits per heavy atom. The molecule has 20 heavy (non-hydrogen) atoms. The Kier molecular flexibility index (Phi) is 3.22. The van der Waals surface area contributed by atoms with Crippen LogP contribution < -0.4 is 5.32 Å². The van der Waals surface area contributed by atoms with Crippen molar-refractivity contribution in [1.82, 2.24) is 25.1 Å². The summed E-state index contributed by atoms with van der Waals surface area (Å²) in [7, 11) is 0. The summed E-state index contributed by atoms with van der Waals surface area (Å²) >= 11 is 1.71. The fraction of sp³-hybridized carbons (Fsp3) is 0.786. The summed E-state index contributed by atoms with van der Waals surface area (Å²) in [6.45, 7) is 4.71. The Hall–Kier alpha value is -1.01. The highest BCUT2D eigenvalue weighted by atomic mass is 32.1. The zero-order valence-electron chi connectivity index (χ0n) is 11.9. The lowest BCUT2D eigenvalue weighted by molar-refractivity contribution is 0.278. The maximum atomic E-state index is 4.76. The van der Waals surface area contributed by atoms with Gasteiger partial charge in [0, 0.05) is 12.3 Å². The number of hydrogen-bond acceptors (Lipinski definition) is 5. The monoisotopic (exact) mass is 291 g/mol. The zero-order valence-corrected chi connectivity index (χ0v) is 12.7. The summed E-state index contributed by atoms with van der Waals surface area (Å²) in [6, 6.07) is 0. The summed E-state index contributed by atoms with van der Waals surface area (Å²) in [6.07, 6.45) is 6.23. The molecule has 1 saturated carbocycles. The second kappa shape index (κ2) is 5.07. The van der Waals surface area contributed by atoms with Gasteiger partial charge in [0.2, 0.25) is 4.96 Å². The molecule has 6 heteroatoms. The van der Waals surface area contributed by atoms with Crippen molar-refractivity contribution >= 4 is 16.3 Å². The largest absolute Gasteiger partial charge is 0.316 e. The van der Waals surface area contributed by atoms with E-state index in [1.807, 2.05) is 4.52 Å². The van der Waals surface area contributed by atoms with E-state index in [2.05, 4.69) is 22.4 Å². The van der Waals surface area contributed by atoms with Gasteiger partial charge >= 0.3 is 0 Å². The quantitative estimate of drug-likeness (QED) is 0.938. The number of rotatable bonds is 4. The topological polar surface area (TPSA) is 55.1 Å². The van der Waals surface area contributed by atoms with E-state index >= 15 is 0 Å². The second-order valence-electron chi connectivity index (χ2n) is 6.31. The number of nitrogens with one attached hydrogen (secondary N) is 1. The van der Waals surface area contributed by atoms with Gasteiger partial charge in [0.15, 0.2) is 5.82 Å². The molecule has 2 fully saturated rings. The molecule has 2 atom stereocenters. The smallest absolute Gasteiger partial charge is 0.234 e. The fourth-order valence-electron chi connectivity index (χ4n) is 3.16. The van der Waals surface area contributed by atoms with Gasteiger partial charge < -0.3 is 5.32 Å². The standard InChI is InChI=1S/C14H21N5S/c1-9(11-3-2-6-15-8-11)7-12-18-19-13(10-4-5-10)16-17-14(19)20-12/h9-11,15H,2-8H2,1H3. The van der Waals surface area contributed by atoms with E-state index < -0.39 is 0 Å². The summed E-state index contributed by atoms with van der Waals surface area (Å²) in [5, 5.41) is 18.0. The minimum absolute atomic E-state index is 0.611. The highest BCUT2D eigenvalue weighted by Gasteiger charge is 2.30. The van der Waals surface area contributed by atoms with Crippen LogP contribution in [0, 0.1) is 11.8 Å². The molecule has 0 bridgehead atoms. The van der Waals surface area contributed by atoms with Crippen molar-refractivity contribution in [3.05, 3.63) is 10.8 Å². The molecular weight excluding hydrogens is 270 g/mol. The van der Waals surface area contributed by atoms with Gasteiger partial charge in [0.25, 0.3) is 0 Å². The van der Waals surface area contributed by atoms with E-state index in [9.17, 15) is 0 Å². The Labute approximate surface area is 122 Å². The van der Waals surface area contributed by atoms with Gasteiger partial charge in [0.05, 0.1) is 0 Å². The van der Waals surface area contributed by atoms with Gasteiger partial charge in [-0.25, -0.2) is 0 Å². The molecule has 0 radical (unpaired) electrons. The van der Waals surface area contributed by atoms with Crippen molar-refractivity contribution in [2.45, 2.75) is 44.9 Å². The van der Waals surface area contributed by atoms with Gasteiger partial charge in [-0.15, -0.1) is 10.2 Å². The molecule has 0 amide bonds. The molecular formula is C14H21N5S. The SMILES string of the molecule is CC(Cc1nn2c(C3CC3)nnc2s1)C1CCCNC1. The molecule has 3 heterocycles. The van der Waals surface area contributed by atoms with Crippen LogP contribution in [0.4, 0.5) is 0 Å². The molecule has 2 aromatic heterocycles. The van der Waals surface area contributed by atoms with Gasteiger partial charge in [-0.2, -0.15) is 9.61 Å². The van der Waals surface area contributed by atoms with E-state index in [1.54, 1.807) is 11.3 Å². The van der Waals surface area contributed by atoms with Gasteiger partial charge in [-0.3, -0.25) is 0 Å². The van der Waals surface area contributed by atoms with Crippen molar-refractivity contribution in [2.24, 2.45) is 11.8 Å². The highest BCUT2D eigenvalue weighted by Crippen LogP contribution is 2.39. The van der Waals surface area contributed by atoms with Crippen LogP contribution in [0.25, 0.3) is 4.96 Å². The molecule has 2 unspecified atom stereocenters. The van der Waals surface area contributed by atoms with Crippen LogP contribution in [0.2, 0.25) is 0 Å². The lowest BCUT2D eigenvalue weighted by Crippen LogP contribution is -2.33. The van der Waals surface area contributed by atoms with E-state index in [-0.39, 0.29) is 0 Å². The summed E-state index contributed by atoms with van der Waals surface area (Å²) in [5.74, 6) is 3.17. The van der Waals surface area contributed by atoms with Crippen LogP contribution in [0.3, 0.4) is 0 Å². The lowest BCUT2D eigenvalue weighted by atomic mass is 9.86. The Morgan fingerprint density at radius 1 is 1.35 bits per heavy atom. The third-order valence-electron chi connectivity index (χ3n) is 4.64. The summed E-state index contributed by atoms with van der Waals surface area (Å²) in [4.78, 5) is 0.968. The van der Waals surface area contributed by atoms with Crippen LogP contribution in [0.5, 0.6) is 0 Å². The fourth-order valence-corrected chi connectivity index (χ4v) is 4.14. The predicted octanol–water partition coefficient (Wildman–Crippen LogP) is 2.24. The van der Waals surface area contributed by atoms with Crippen molar-refractivity contribution in [2.75, 3.05) is 13.1 Å². The number of hydrogen-bond donors (Lipinski definition) is 1. The zero-order chi connectivity index (χ0) is 13.5. The summed E-state index contributed by atoms with van der Waals surface area (Å²) in [5.41, 5.74) is 0. The molecule has 2 aromatic rings. The van der Waals surface area contributed by atoms with E-state index in [4.69, 9.17) is 5.10 Å². The van der Waals surface area contributed by atoms with Crippen LogP contribution in [-0.2, 0) is 6.42 Å². The van der Waals surface area contributed by atoms with Crippen molar-refractivity contribution in [3.63, 3.8) is 0 Å². The Balaban J connectivity index is 1.50.